The molecule has 1 heteroatoms. The van der Waals surface area contributed by atoms with Crippen molar-refractivity contribution in [1.82, 2.24) is 0 Å². The average molecular weight is 96.1 g/mol. The van der Waals surface area contributed by atoms with Crippen LogP contribution in [0.25, 0.3) is 0 Å². The first-order valence-electron chi connectivity index (χ1n) is 2.74. The van der Waals surface area contributed by atoms with Gasteiger partial charge in [-0.05, 0) is 6.42 Å². The van der Waals surface area contributed by atoms with Crippen LogP contribution in [0.2, 0.25) is 0 Å². The molecule has 38 valence electrons. The Morgan fingerprint density at radius 1 is 1.29 bits per heavy atom. The van der Waals surface area contributed by atoms with Crippen LogP contribution in [0.15, 0.2) is 12.2 Å². The molecule has 1 saturated carbocycles. The smallest absolute Gasteiger partial charge is 0.0665 e. The van der Waals surface area contributed by atoms with Gasteiger partial charge in [-0.15, -0.1) is 0 Å². The van der Waals surface area contributed by atoms with Crippen molar-refractivity contribution < 1.29 is 5.11 Å². The van der Waals surface area contributed by atoms with Gasteiger partial charge in [-0.2, -0.15) is 0 Å². The molecule has 3 aliphatic carbocycles. The summed E-state index contributed by atoms with van der Waals surface area (Å²) in [4.78, 5) is 0. The van der Waals surface area contributed by atoms with Gasteiger partial charge in [0.15, 0.2) is 0 Å². The van der Waals surface area contributed by atoms with Crippen molar-refractivity contribution in [3.63, 3.8) is 0 Å². The van der Waals surface area contributed by atoms with Crippen LogP contribution in [0.5, 0.6) is 0 Å². The topological polar surface area (TPSA) is 20.2 Å². The van der Waals surface area contributed by atoms with Crippen LogP contribution >= 0.6 is 0 Å². The third-order valence-corrected chi connectivity index (χ3v) is 2.03. The van der Waals surface area contributed by atoms with E-state index in [1.165, 1.54) is 6.42 Å². The molecule has 0 heterocycles. The fourth-order valence-electron chi connectivity index (χ4n) is 1.39. The highest BCUT2D eigenvalue weighted by atomic mass is 16.3. The van der Waals surface area contributed by atoms with Crippen molar-refractivity contribution in [3.05, 3.63) is 12.2 Å². The van der Waals surface area contributed by atoms with Gasteiger partial charge in [-0.25, -0.2) is 0 Å². The Hall–Kier alpha value is -0.300. The normalized spacial score (nSPS) is 54.7. The van der Waals surface area contributed by atoms with Crippen molar-refractivity contribution in [3.8, 4) is 0 Å². The number of aliphatic hydroxyl groups is 1. The zero-order chi connectivity index (χ0) is 4.85. The molecule has 3 rings (SSSR count). The summed E-state index contributed by atoms with van der Waals surface area (Å²) in [6, 6.07) is 0. The van der Waals surface area contributed by atoms with E-state index in [0.29, 0.717) is 11.8 Å². The van der Waals surface area contributed by atoms with E-state index in [1.807, 2.05) is 0 Å². The predicted octanol–water partition coefficient (Wildman–Crippen LogP) is 0.553. The minimum absolute atomic E-state index is 0.000000000000000444. The second-order valence-electron chi connectivity index (χ2n) is 2.44. The zero-order valence-corrected chi connectivity index (χ0v) is 4.04. The molecule has 0 aromatic carbocycles. The fraction of sp³-hybridized carbons (Fsp3) is 0.667. The van der Waals surface area contributed by atoms with Crippen molar-refractivity contribution in [1.29, 1.82) is 0 Å². The molecule has 1 nitrogen and oxygen atoms in total. The maximum atomic E-state index is 8.98. The number of hydrogen-bond donors (Lipinski definition) is 1. The van der Waals surface area contributed by atoms with Gasteiger partial charge in [0.1, 0.15) is 0 Å². The molecular weight excluding hydrogens is 88.1 g/mol. The Morgan fingerprint density at radius 2 is 1.86 bits per heavy atom. The SMILES string of the molecule is OC1[C@@H]2C=C[C@H]1C2. The van der Waals surface area contributed by atoms with Crippen LogP contribution < -0.4 is 0 Å². The predicted molar refractivity (Wildman–Crippen MR) is 26.7 cm³/mol. The Morgan fingerprint density at radius 3 is 2.00 bits per heavy atom. The third kappa shape index (κ3) is 0.280. The van der Waals surface area contributed by atoms with Gasteiger partial charge in [0.2, 0.25) is 0 Å². The fourth-order valence-corrected chi connectivity index (χ4v) is 1.39. The quantitative estimate of drug-likeness (QED) is 0.437. The lowest BCUT2D eigenvalue weighted by Gasteiger charge is -2.30. The summed E-state index contributed by atoms with van der Waals surface area (Å²) in [6.45, 7) is 0. The molecule has 0 amide bonds. The molecule has 1 unspecified atom stereocenters. The maximum Gasteiger partial charge on any atom is 0.0665 e. The summed E-state index contributed by atoms with van der Waals surface area (Å²) >= 11 is 0. The standard InChI is InChI=1S/C6H8O/c7-6-4-1-2-5(6)3-4/h1-2,4-7H,3H2/t4-,5+,6?. The van der Waals surface area contributed by atoms with Crippen LogP contribution in [-0.2, 0) is 0 Å². The Balaban J connectivity index is 2.24. The number of rotatable bonds is 0. The van der Waals surface area contributed by atoms with Crippen LogP contribution in [-0.4, -0.2) is 11.2 Å². The van der Waals surface area contributed by atoms with Crippen molar-refractivity contribution >= 4 is 0 Å². The highest BCUT2D eigenvalue weighted by Gasteiger charge is 2.40. The van der Waals surface area contributed by atoms with Gasteiger partial charge in [-0.3, -0.25) is 0 Å². The van der Waals surface area contributed by atoms with Crippen molar-refractivity contribution in [2.24, 2.45) is 11.8 Å². The molecule has 0 spiro atoms. The molecule has 3 aliphatic rings. The van der Waals surface area contributed by atoms with E-state index in [9.17, 15) is 0 Å². The minimum Gasteiger partial charge on any atom is -0.392 e. The van der Waals surface area contributed by atoms with Crippen LogP contribution in [0.4, 0.5) is 0 Å². The minimum atomic E-state index is -0.000000000000000444. The molecule has 2 bridgehead atoms. The monoisotopic (exact) mass is 96.1 g/mol. The van der Waals surface area contributed by atoms with E-state index in [2.05, 4.69) is 12.2 Å². The molecule has 7 heavy (non-hydrogen) atoms. The first-order chi connectivity index (χ1) is 3.38. The number of aliphatic hydroxyl groups excluding tert-OH is 1. The van der Waals surface area contributed by atoms with E-state index < -0.39 is 0 Å². The maximum absolute atomic E-state index is 8.98. The Labute approximate surface area is 42.7 Å². The molecule has 3 atom stereocenters. The zero-order valence-electron chi connectivity index (χ0n) is 4.04. The van der Waals surface area contributed by atoms with Crippen LogP contribution in [0.1, 0.15) is 6.42 Å². The van der Waals surface area contributed by atoms with Gasteiger partial charge in [0.05, 0.1) is 6.10 Å². The summed E-state index contributed by atoms with van der Waals surface area (Å²) in [6.07, 6.45) is 5.45. The van der Waals surface area contributed by atoms with Crippen LogP contribution in [0.3, 0.4) is 0 Å². The molecule has 0 aromatic heterocycles. The highest BCUT2D eigenvalue weighted by molar-refractivity contribution is 5.16. The third-order valence-electron chi connectivity index (χ3n) is 2.03. The van der Waals surface area contributed by atoms with E-state index in [0.717, 1.165) is 0 Å². The summed E-state index contributed by atoms with van der Waals surface area (Å²) in [5.41, 5.74) is 0. The van der Waals surface area contributed by atoms with Gasteiger partial charge >= 0.3 is 0 Å². The second kappa shape index (κ2) is 0.920. The molecule has 0 aliphatic heterocycles. The molecule has 0 aromatic rings. The van der Waals surface area contributed by atoms with E-state index in [1.54, 1.807) is 0 Å². The van der Waals surface area contributed by atoms with Crippen molar-refractivity contribution in [2.45, 2.75) is 12.5 Å². The van der Waals surface area contributed by atoms with E-state index in [-0.39, 0.29) is 6.10 Å². The average Bonchev–Trinajstić information content (AvgIpc) is 2.18. The molecule has 1 N–H and O–H groups in total. The molecule has 0 saturated heterocycles. The number of hydrogen-bond acceptors (Lipinski definition) is 1. The Bertz CT molecular complexity index is 105. The second-order valence-corrected chi connectivity index (χ2v) is 2.44. The lowest BCUT2D eigenvalue weighted by atomic mass is 9.80. The van der Waals surface area contributed by atoms with E-state index in [4.69, 9.17) is 5.11 Å². The largest absolute Gasteiger partial charge is 0.392 e. The van der Waals surface area contributed by atoms with Gasteiger partial charge in [0, 0.05) is 11.8 Å². The van der Waals surface area contributed by atoms with Gasteiger partial charge < -0.3 is 5.11 Å². The summed E-state index contributed by atoms with van der Waals surface area (Å²) in [7, 11) is 0. The Kier molecular flexibility index (Phi) is 0.482. The first-order valence-corrected chi connectivity index (χ1v) is 2.74. The van der Waals surface area contributed by atoms with Crippen molar-refractivity contribution in [2.75, 3.05) is 0 Å². The molecule has 1 fully saturated rings. The van der Waals surface area contributed by atoms with E-state index >= 15 is 0 Å². The lowest BCUT2D eigenvalue weighted by Crippen LogP contribution is -2.34. The summed E-state index contributed by atoms with van der Waals surface area (Å²) < 4.78 is 0. The molecular formula is C6H8O. The summed E-state index contributed by atoms with van der Waals surface area (Å²) in [5, 5.41) is 8.98. The van der Waals surface area contributed by atoms with Crippen LogP contribution in [0, 0.1) is 11.8 Å². The summed E-state index contributed by atoms with van der Waals surface area (Å²) in [5.74, 6) is 1.06. The lowest BCUT2D eigenvalue weighted by molar-refractivity contribution is 0.0226. The molecule has 0 radical (unpaired) electrons. The van der Waals surface area contributed by atoms with Gasteiger partial charge in [0.25, 0.3) is 0 Å². The first kappa shape index (κ1) is 3.67. The van der Waals surface area contributed by atoms with Gasteiger partial charge in [-0.1, -0.05) is 12.2 Å². The highest BCUT2D eigenvalue weighted by Crippen LogP contribution is 2.42.